The fraction of sp³-hybridized carbons (Fsp3) is 0.227. The summed E-state index contributed by atoms with van der Waals surface area (Å²) in [5, 5.41) is 4.69. The number of aromatic nitrogens is 1. The lowest BCUT2D eigenvalue weighted by Crippen LogP contribution is -2.38. The van der Waals surface area contributed by atoms with Crippen LogP contribution in [-0.2, 0) is 9.53 Å². The third-order valence-corrected chi connectivity index (χ3v) is 4.71. The van der Waals surface area contributed by atoms with Crippen LogP contribution in [0.5, 0.6) is 0 Å². The molecule has 0 bridgehead atoms. The summed E-state index contributed by atoms with van der Waals surface area (Å²) in [6.07, 6.45) is 1.46. The number of esters is 1. The van der Waals surface area contributed by atoms with Crippen molar-refractivity contribution >= 4 is 45.9 Å². The maximum absolute atomic E-state index is 12.9. The number of rotatable bonds is 4. The van der Waals surface area contributed by atoms with Crippen LogP contribution >= 0.6 is 23.2 Å². The predicted molar refractivity (Wildman–Crippen MR) is 114 cm³/mol. The molecule has 0 saturated carbocycles. The van der Waals surface area contributed by atoms with Gasteiger partial charge in [0.2, 0.25) is 0 Å². The second kappa shape index (κ2) is 8.39. The van der Waals surface area contributed by atoms with E-state index in [9.17, 15) is 9.59 Å². The number of hydrogen-bond acceptors (Lipinski definition) is 4. The highest BCUT2D eigenvalue weighted by molar-refractivity contribution is 6.39. The first-order chi connectivity index (χ1) is 13.7. The summed E-state index contributed by atoms with van der Waals surface area (Å²) >= 11 is 12.3. The summed E-state index contributed by atoms with van der Waals surface area (Å²) < 4.78 is 5.49. The van der Waals surface area contributed by atoms with Crippen molar-refractivity contribution in [1.29, 1.82) is 0 Å². The minimum absolute atomic E-state index is 0.241. The highest BCUT2D eigenvalue weighted by Crippen LogP contribution is 2.29. The molecule has 1 atom stereocenters. The zero-order valence-corrected chi connectivity index (χ0v) is 17.7. The molecule has 0 fully saturated rings. The Hall–Kier alpha value is -2.63. The lowest BCUT2D eigenvalue weighted by Gasteiger charge is -2.25. The van der Waals surface area contributed by atoms with E-state index in [1.165, 1.54) is 6.20 Å². The number of benzene rings is 2. The summed E-state index contributed by atoms with van der Waals surface area (Å²) in [5.41, 5.74) is 0.264. The van der Waals surface area contributed by atoms with Crippen molar-refractivity contribution in [2.24, 2.45) is 0 Å². The van der Waals surface area contributed by atoms with Gasteiger partial charge in [-0.2, -0.15) is 0 Å². The molecule has 3 aromatic rings. The molecule has 1 amide bonds. The number of carbonyl (C=O) groups is 2. The van der Waals surface area contributed by atoms with Crippen molar-refractivity contribution in [2.45, 2.75) is 32.4 Å². The number of carbonyl (C=O) groups excluding carboxylic acids is 2. The lowest BCUT2D eigenvalue weighted by molar-refractivity contribution is -0.157. The first-order valence-electron chi connectivity index (χ1n) is 8.98. The van der Waals surface area contributed by atoms with E-state index in [1.54, 1.807) is 63.2 Å². The van der Waals surface area contributed by atoms with E-state index in [-0.39, 0.29) is 5.15 Å². The maximum Gasteiger partial charge on any atom is 0.333 e. The van der Waals surface area contributed by atoms with Crippen LogP contribution in [0, 0.1) is 0 Å². The van der Waals surface area contributed by atoms with Gasteiger partial charge in [0.1, 0.15) is 10.8 Å². The zero-order valence-electron chi connectivity index (χ0n) is 16.2. The van der Waals surface area contributed by atoms with Crippen molar-refractivity contribution in [3.63, 3.8) is 0 Å². The molecule has 1 unspecified atom stereocenters. The third-order valence-electron chi connectivity index (χ3n) is 4.10. The topological polar surface area (TPSA) is 68.3 Å². The molecule has 0 aliphatic carbocycles. The molecule has 5 nitrogen and oxygen atoms in total. The number of nitrogens with one attached hydrogen (secondary N) is 1. The summed E-state index contributed by atoms with van der Waals surface area (Å²) in [6, 6.07) is 12.9. The van der Waals surface area contributed by atoms with Crippen molar-refractivity contribution < 1.29 is 14.3 Å². The number of ether oxygens (including phenoxy) is 1. The molecule has 1 aromatic heterocycles. The van der Waals surface area contributed by atoms with Gasteiger partial charge in [0.15, 0.2) is 6.04 Å². The predicted octanol–water partition coefficient (Wildman–Crippen LogP) is 5.35. The van der Waals surface area contributed by atoms with Gasteiger partial charge in [-0.05, 0) is 38.5 Å². The summed E-state index contributed by atoms with van der Waals surface area (Å²) in [7, 11) is 0. The second-order valence-corrected chi connectivity index (χ2v) is 8.27. The monoisotopic (exact) mass is 430 g/mol. The molecule has 0 aliphatic rings. The molecule has 0 spiro atoms. The molecule has 29 heavy (non-hydrogen) atoms. The minimum Gasteiger partial charge on any atom is -0.458 e. The van der Waals surface area contributed by atoms with E-state index in [1.807, 2.05) is 6.07 Å². The average molecular weight is 431 g/mol. The van der Waals surface area contributed by atoms with E-state index in [0.29, 0.717) is 26.9 Å². The molecular formula is C22H20Cl2N2O3. The molecule has 0 aliphatic heterocycles. The van der Waals surface area contributed by atoms with Crippen LogP contribution in [0.1, 0.15) is 42.7 Å². The van der Waals surface area contributed by atoms with Crippen molar-refractivity contribution in [1.82, 2.24) is 10.3 Å². The Balaban J connectivity index is 1.93. The van der Waals surface area contributed by atoms with Crippen LogP contribution in [0.25, 0.3) is 10.8 Å². The van der Waals surface area contributed by atoms with Crippen molar-refractivity contribution in [2.75, 3.05) is 0 Å². The minimum atomic E-state index is -0.952. The summed E-state index contributed by atoms with van der Waals surface area (Å²) in [6.45, 7) is 5.32. The van der Waals surface area contributed by atoms with Gasteiger partial charge in [-0.3, -0.25) is 4.79 Å². The Labute approximate surface area is 179 Å². The van der Waals surface area contributed by atoms with Crippen LogP contribution in [-0.4, -0.2) is 22.5 Å². The Kier molecular flexibility index (Phi) is 6.10. The van der Waals surface area contributed by atoms with E-state index in [2.05, 4.69) is 10.3 Å². The molecule has 2 aromatic carbocycles. The fourth-order valence-electron chi connectivity index (χ4n) is 2.82. The van der Waals surface area contributed by atoms with Crippen LogP contribution in [0.15, 0.2) is 54.7 Å². The van der Waals surface area contributed by atoms with Gasteiger partial charge >= 0.3 is 5.97 Å². The standard InChI is InChI=1S/C22H20Cl2N2O3/c1-22(2,3)29-21(28)18(13-7-5-4-6-8-13)26-20(27)14-9-10-15-16(11-14)19(24)25-12-17(15)23/h4-12,18H,1-3H3,(H,26,27). The normalized spacial score (nSPS) is 12.4. The molecule has 0 radical (unpaired) electrons. The number of halogens is 2. The molecule has 150 valence electrons. The third kappa shape index (κ3) is 5.05. The molecule has 3 rings (SSSR count). The van der Waals surface area contributed by atoms with Gasteiger partial charge < -0.3 is 10.1 Å². The zero-order chi connectivity index (χ0) is 21.2. The van der Waals surface area contributed by atoms with Crippen LogP contribution in [0.3, 0.4) is 0 Å². The number of fused-ring (bicyclic) bond motifs is 1. The number of nitrogens with zero attached hydrogens (tertiary/aromatic N) is 1. The molecular weight excluding hydrogens is 411 g/mol. The first kappa shape index (κ1) is 21.1. The summed E-state index contributed by atoms with van der Waals surface area (Å²) in [5.74, 6) is -0.983. The average Bonchev–Trinajstić information content (AvgIpc) is 2.68. The molecule has 7 heteroatoms. The van der Waals surface area contributed by atoms with Gasteiger partial charge in [0.05, 0.1) is 5.02 Å². The maximum atomic E-state index is 12.9. The van der Waals surface area contributed by atoms with Crippen molar-refractivity contribution in [3.05, 3.63) is 76.0 Å². The Morgan fingerprint density at radius 3 is 2.38 bits per heavy atom. The molecule has 1 N–H and O–H groups in total. The quantitative estimate of drug-likeness (QED) is 0.447. The Morgan fingerprint density at radius 1 is 1.03 bits per heavy atom. The molecule has 0 saturated heterocycles. The fourth-order valence-corrected chi connectivity index (χ4v) is 3.23. The van der Waals surface area contributed by atoms with E-state index in [0.717, 1.165) is 0 Å². The van der Waals surface area contributed by atoms with E-state index < -0.39 is 23.5 Å². The Morgan fingerprint density at radius 2 is 1.72 bits per heavy atom. The van der Waals surface area contributed by atoms with Crippen molar-refractivity contribution in [3.8, 4) is 0 Å². The highest BCUT2D eigenvalue weighted by atomic mass is 35.5. The second-order valence-electron chi connectivity index (χ2n) is 7.51. The van der Waals surface area contributed by atoms with Gasteiger partial charge in [0.25, 0.3) is 5.91 Å². The summed E-state index contributed by atoms with van der Waals surface area (Å²) in [4.78, 5) is 29.7. The number of amides is 1. The van der Waals surface area contributed by atoms with Crippen LogP contribution < -0.4 is 5.32 Å². The van der Waals surface area contributed by atoms with Gasteiger partial charge in [-0.25, -0.2) is 9.78 Å². The number of pyridine rings is 1. The smallest absolute Gasteiger partial charge is 0.333 e. The Bertz CT molecular complexity index is 1060. The van der Waals surface area contributed by atoms with Gasteiger partial charge in [0, 0.05) is 22.5 Å². The van der Waals surface area contributed by atoms with E-state index >= 15 is 0 Å². The van der Waals surface area contributed by atoms with E-state index in [4.69, 9.17) is 27.9 Å². The lowest BCUT2D eigenvalue weighted by atomic mass is 10.0. The first-order valence-corrected chi connectivity index (χ1v) is 9.74. The molecule has 1 heterocycles. The number of hydrogen-bond donors (Lipinski definition) is 1. The SMILES string of the molecule is CC(C)(C)OC(=O)C(NC(=O)c1ccc2c(Cl)cnc(Cl)c2c1)c1ccccc1. The largest absolute Gasteiger partial charge is 0.458 e. The van der Waals surface area contributed by atoms with Gasteiger partial charge in [-0.1, -0.05) is 59.6 Å². The van der Waals surface area contributed by atoms with Gasteiger partial charge in [-0.15, -0.1) is 0 Å². The highest BCUT2D eigenvalue weighted by Gasteiger charge is 2.28. The van der Waals surface area contributed by atoms with Crippen LogP contribution in [0.4, 0.5) is 0 Å². The van der Waals surface area contributed by atoms with Crippen LogP contribution in [0.2, 0.25) is 10.2 Å².